The Hall–Kier alpha value is -3.61. The van der Waals surface area contributed by atoms with Crippen molar-refractivity contribution >= 4 is 11.0 Å². The molecule has 1 saturated heterocycles. The Kier molecular flexibility index (Phi) is 6.34. The van der Waals surface area contributed by atoms with E-state index in [1.807, 2.05) is 30.3 Å². The summed E-state index contributed by atoms with van der Waals surface area (Å²) in [6.45, 7) is 5.15. The number of nitrogens with zero attached hydrogens (tertiary/aromatic N) is 2. The van der Waals surface area contributed by atoms with Crippen molar-refractivity contribution in [2.45, 2.75) is 13.1 Å². The Morgan fingerprint density at radius 2 is 1.56 bits per heavy atom. The largest absolute Gasteiger partial charge is 0.507 e. The van der Waals surface area contributed by atoms with Crippen molar-refractivity contribution in [3.05, 3.63) is 94.3 Å². The third-order valence-electron chi connectivity index (χ3n) is 6.52. The molecule has 4 aromatic rings. The van der Waals surface area contributed by atoms with Crippen LogP contribution in [0.5, 0.6) is 11.5 Å². The van der Waals surface area contributed by atoms with Gasteiger partial charge in [0.1, 0.15) is 23.3 Å². The summed E-state index contributed by atoms with van der Waals surface area (Å²) in [6.07, 6.45) is 1.49. The van der Waals surface area contributed by atoms with Crippen molar-refractivity contribution in [3.63, 3.8) is 0 Å². The first-order valence-corrected chi connectivity index (χ1v) is 11.5. The summed E-state index contributed by atoms with van der Waals surface area (Å²) in [5, 5.41) is 11.1. The van der Waals surface area contributed by atoms with E-state index in [-0.39, 0.29) is 11.2 Å². The molecule has 1 aromatic heterocycles. The number of aromatic hydroxyl groups is 1. The van der Waals surface area contributed by atoms with Crippen LogP contribution in [0.1, 0.15) is 11.1 Å². The van der Waals surface area contributed by atoms with Crippen molar-refractivity contribution in [2.75, 3.05) is 33.3 Å². The van der Waals surface area contributed by atoms with Crippen LogP contribution in [0.15, 0.2) is 82.2 Å². The van der Waals surface area contributed by atoms with E-state index in [1.54, 1.807) is 19.2 Å². The van der Waals surface area contributed by atoms with Crippen molar-refractivity contribution in [1.29, 1.82) is 0 Å². The van der Waals surface area contributed by atoms with Crippen LogP contribution in [0.2, 0.25) is 0 Å². The van der Waals surface area contributed by atoms with Crippen LogP contribution in [-0.4, -0.2) is 48.2 Å². The summed E-state index contributed by atoms with van der Waals surface area (Å²) in [5.41, 5.74) is 3.57. The summed E-state index contributed by atoms with van der Waals surface area (Å²) in [5.74, 6) is 0.879. The lowest BCUT2D eigenvalue weighted by Crippen LogP contribution is -2.45. The van der Waals surface area contributed by atoms with Crippen LogP contribution < -0.4 is 10.2 Å². The summed E-state index contributed by atoms with van der Waals surface area (Å²) in [4.78, 5) is 18.0. The maximum Gasteiger partial charge on any atom is 0.200 e. The number of piperazine rings is 1. The minimum absolute atomic E-state index is 0.111. The Labute approximate surface area is 198 Å². The molecule has 2 heterocycles. The number of phenolic OH excluding ortho intramolecular Hbond substituents is 1. The fraction of sp³-hybridized carbons (Fsp3) is 0.250. The van der Waals surface area contributed by atoms with Crippen molar-refractivity contribution in [3.8, 4) is 22.6 Å². The predicted octanol–water partition coefficient (Wildman–Crippen LogP) is 4.49. The number of phenols is 1. The van der Waals surface area contributed by atoms with Crippen LogP contribution in [0.25, 0.3) is 22.1 Å². The normalized spacial score (nSPS) is 15.0. The predicted molar refractivity (Wildman–Crippen MR) is 133 cm³/mol. The zero-order chi connectivity index (χ0) is 23.5. The van der Waals surface area contributed by atoms with Gasteiger partial charge >= 0.3 is 0 Å². The highest BCUT2D eigenvalue weighted by Crippen LogP contribution is 2.30. The van der Waals surface area contributed by atoms with E-state index in [2.05, 4.69) is 34.1 Å². The molecule has 1 aliphatic rings. The van der Waals surface area contributed by atoms with Gasteiger partial charge in [0.25, 0.3) is 0 Å². The van der Waals surface area contributed by atoms with Gasteiger partial charge in [-0.15, -0.1) is 0 Å². The highest BCUT2D eigenvalue weighted by molar-refractivity contribution is 5.85. The molecule has 34 heavy (non-hydrogen) atoms. The first kappa shape index (κ1) is 22.2. The average molecular weight is 457 g/mol. The molecule has 0 radical (unpaired) electrons. The van der Waals surface area contributed by atoms with Gasteiger partial charge in [-0.1, -0.05) is 42.5 Å². The summed E-state index contributed by atoms with van der Waals surface area (Å²) < 4.78 is 11.2. The van der Waals surface area contributed by atoms with Crippen molar-refractivity contribution in [1.82, 2.24) is 9.80 Å². The SMILES string of the molecule is COc1ccc(-c2coc3c(CN4CCN(Cc5ccccc5)CC4)c(O)ccc3c2=O)cc1. The second-order valence-corrected chi connectivity index (χ2v) is 8.68. The van der Waals surface area contributed by atoms with Gasteiger partial charge in [0.15, 0.2) is 0 Å². The number of methoxy groups -OCH3 is 1. The number of rotatable bonds is 6. The molecule has 0 unspecified atom stereocenters. The molecule has 3 aromatic carbocycles. The molecule has 0 amide bonds. The van der Waals surface area contributed by atoms with Gasteiger partial charge in [-0.2, -0.15) is 0 Å². The minimum Gasteiger partial charge on any atom is -0.507 e. The Morgan fingerprint density at radius 3 is 2.24 bits per heavy atom. The van der Waals surface area contributed by atoms with Crippen LogP contribution in [0, 0.1) is 0 Å². The lowest BCUT2D eigenvalue weighted by molar-refractivity contribution is 0.121. The Balaban J connectivity index is 1.35. The van der Waals surface area contributed by atoms with E-state index in [0.717, 1.165) is 44.0 Å². The quantitative estimate of drug-likeness (QED) is 0.461. The number of hydrogen-bond acceptors (Lipinski definition) is 6. The molecule has 1 N–H and O–H groups in total. The highest BCUT2D eigenvalue weighted by Gasteiger charge is 2.21. The van der Waals surface area contributed by atoms with E-state index >= 15 is 0 Å². The van der Waals surface area contributed by atoms with Crippen LogP contribution >= 0.6 is 0 Å². The zero-order valence-corrected chi connectivity index (χ0v) is 19.2. The van der Waals surface area contributed by atoms with Gasteiger partial charge in [0, 0.05) is 39.3 Å². The van der Waals surface area contributed by atoms with Gasteiger partial charge in [0.2, 0.25) is 5.43 Å². The van der Waals surface area contributed by atoms with Crippen LogP contribution in [0.4, 0.5) is 0 Å². The lowest BCUT2D eigenvalue weighted by Gasteiger charge is -2.34. The number of benzene rings is 3. The molecular formula is C28H28N2O4. The number of ether oxygens (including phenoxy) is 1. The molecule has 0 aliphatic carbocycles. The first-order valence-electron chi connectivity index (χ1n) is 11.5. The fourth-order valence-corrected chi connectivity index (χ4v) is 4.54. The maximum atomic E-state index is 13.3. The van der Waals surface area contributed by atoms with Crippen LogP contribution in [0.3, 0.4) is 0 Å². The smallest absolute Gasteiger partial charge is 0.200 e. The molecule has 0 saturated carbocycles. The number of fused-ring (bicyclic) bond motifs is 1. The molecule has 1 aliphatic heterocycles. The highest BCUT2D eigenvalue weighted by atomic mass is 16.5. The van der Waals surface area contributed by atoms with E-state index in [4.69, 9.17) is 9.15 Å². The lowest BCUT2D eigenvalue weighted by atomic mass is 10.0. The molecule has 1 fully saturated rings. The Morgan fingerprint density at radius 1 is 0.882 bits per heavy atom. The maximum absolute atomic E-state index is 13.3. The Bertz CT molecular complexity index is 1320. The number of hydrogen-bond donors (Lipinski definition) is 1. The molecule has 0 spiro atoms. The monoisotopic (exact) mass is 456 g/mol. The van der Waals surface area contributed by atoms with E-state index in [1.165, 1.54) is 11.8 Å². The summed E-state index contributed by atoms with van der Waals surface area (Å²) >= 11 is 0. The topological polar surface area (TPSA) is 66.2 Å². The molecule has 6 heteroatoms. The summed E-state index contributed by atoms with van der Waals surface area (Å²) in [6, 6.07) is 21.0. The third-order valence-corrected chi connectivity index (χ3v) is 6.52. The van der Waals surface area contributed by atoms with Gasteiger partial charge in [-0.05, 0) is 35.4 Å². The molecule has 0 bridgehead atoms. The van der Waals surface area contributed by atoms with E-state index < -0.39 is 0 Å². The fourth-order valence-electron chi connectivity index (χ4n) is 4.54. The molecule has 0 atom stereocenters. The zero-order valence-electron chi connectivity index (χ0n) is 19.2. The molecule has 5 rings (SSSR count). The van der Waals surface area contributed by atoms with Crippen LogP contribution in [-0.2, 0) is 13.1 Å². The minimum atomic E-state index is -0.111. The van der Waals surface area contributed by atoms with Gasteiger partial charge < -0.3 is 14.3 Å². The van der Waals surface area contributed by atoms with Gasteiger partial charge in [-0.25, -0.2) is 0 Å². The third kappa shape index (κ3) is 4.55. The second kappa shape index (κ2) is 9.71. The first-order chi connectivity index (χ1) is 16.6. The van der Waals surface area contributed by atoms with E-state index in [0.29, 0.717) is 28.6 Å². The van der Waals surface area contributed by atoms with Gasteiger partial charge in [-0.3, -0.25) is 14.6 Å². The van der Waals surface area contributed by atoms with Gasteiger partial charge in [0.05, 0.1) is 23.6 Å². The van der Waals surface area contributed by atoms with E-state index in [9.17, 15) is 9.90 Å². The molecule has 174 valence electrons. The van der Waals surface area contributed by atoms with Crippen molar-refractivity contribution in [2.24, 2.45) is 0 Å². The molecule has 6 nitrogen and oxygen atoms in total. The van der Waals surface area contributed by atoms with Crippen molar-refractivity contribution < 1.29 is 14.3 Å². The second-order valence-electron chi connectivity index (χ2n) is 8.68. The standard InChI is InChI=1S/C28H28N2O4/c1-33-22-9-7-21(8-10-22)25-19-34-28-23(27(25)32)11-12-26(31)24(28)18-30-15-13-29(14-16-30)17-20-5-3-2-4-6-20/h2-12,19,31H,13-18H2,1H3. The average Bonchev–Trinajstić information content (AvgIpc) is 2.88. The molecular weight excluding hydrogens is 428 g/mol. The summed E-state index contributed by atoms with van der Waals surface area (Å²) in [7, 11) is 1.61.